The Labute approximate surface area is 163 Å². The fourth-order valence-corrected chi connectivity index (χ4v) is 2.82. The summed E-state index contributed by atoms with van der Waals surface area (Å²) in [5.74, 6) is -0.382. The lowest BCUT2D eigenvalue weighted by Crippen LogP contribution is -2.55. The van der Waals surface area contributed by atoms with Crippen molar-refractivity contribution < 1.29 is 22.8 Å². The molecule has 2 rings (SSSR count). The highest BCUT2D eigenvalue weighted by atomic mass is 35.5. The van der Waals surface area contributed by atoms with Crippen molar-refractivity contribution in [3.8, 4) is 0 Å². The Morgan fingerprint density at radius 1 is 1.07 bits per heavy atom. The molecule has 0 bridgehead atoms. The number of hydrogen-bond donors (Lipinski definition) is 1. The molecule has 2 amide bonds. The summed E-state index contributed by atoms with van der Waals surface area (Å²) >= 11 is 0. The van der Waals surface area contributed by atoms with Crippen molar-refractivity contribution >= 4 is 24.2 Å². The molecule has 0 aliphatic carbocycles. The van der Waals surface area contributed by atoms with Crippen LogP contribution in [0.25, 0.3) is 0 Å². The monoisotopic (exact) mass is 407 g/mol. The first kappa shape index (κ1) is 23.2. The number of nitrogens with two attached hydrogens (primary N) is 1. The average Bonchev–Trinajstić information content (AvgIpc) is 2.65. The molecule has 2 N–H and O–H groups in total. The highest BCUT2D eigenvalue weighted by Gasteiger charge is 2.32. The minimum absolute atomic E-state index is 0. The summed E-state index contributed by atoms with van der Waals surface area (Å²) in [4.78, 5) is 28.0. The minimum atomic E-state index is -4.43. The van der Waals surface area contributed by atoms with E-state index in [0.29, 0.717) is 26.2 Å². The Morgan fingerprint density at radius 3 is 2.00 bits per heavy atom. The summed E-state index contributed by atoms with van der Waals surface area (Å²) in [6.07, 6.45) is -3.62. The lowest BCUT2D eigenvalue weighted by molar-refractivity contribution is -0.137. The van der Waals surface area contributed by atoms with Gasteiger partial charge >= 0.3 is 6.18 Å². The lowest BCUT2D eigenvalue weighted by Gasteiger charge is -2.36. The second-order valence-electron chi connectivity index (χ2n) is 6.60. The van der Waals surface area contributed by atoms with Gasteiger partial charge in [-0.2, -0.15) is 13.2 Å². The van der Waals surface area contributed by atoms with Gasteiger partial charge in [0, 0.05) is 31.7 Å². The molecule has 2 atom stereocenters. The van der Waals surface area contributed by atoms with Crippen LogP contribution < -0.4 is 5.73 Å². The first-order valence-corrected chi connectivity index (χ1v) is 8.66. The number of amides is 2. The van der Waals surface area contributed by atoms with Gasteiger partial charge in [-0.3, -0.25) is 9.59 Å². The molecule has 1 fully saturated rings. The van der Waals surface area contributed by atoms with E-state index in [1.165, 1.54) is 12.1 Å². The Kier molecular flexibility index (Phi) is 8.10. The van der Waals surface area contributed by atoms with Crippen molar-refractivity contribution in [3.05, 3.63) is 35.4 Å². The standard InChI is InChI=1S/C18H24F3N3O2.ClH/c1-3-12(2)15(22)17(26)24-10-8-23(9-11-24)16(25)13-4-6-14(7-5-13)18(19,20)21;/h4-7,12,15H,3,8-11,22H2,1-2H3;1H. The molecule has 0 saturated carbocycles. The van der Waals surface area contributed by atoms with Gasteiger partial charge in [-0.05, 0) is 30.2 Å². The molecule has 0 aromatic heterocycles. The molecule has 1 aliphatic heterocycles. The highest BCUT2D eigenvalue weighted by Crippen LogP contribution is 2.29. The van der Waals surface area contributed by atoms with Crippen LogP contribution in [-0.4, -0.2) is 53.8 Å². The van der Waals surface area contributed by atoms with Crippen molar-refractivity contribution in [2.24, 2.45) is 11.7 Å². The van der Waals surface area contributed by atoms with E-state index in [1.54, 1.807) is 9.80 Å². The molecule has 1 heterocycles. The molecule has 1 saturated heterocycles. The molecule has 2 unspecified atom stereocenters. The Morgan fingerprint density at radius 2 is 1.56 bits per heavy atom. The van der Waals surface area contributed by atoms with Crippen molar-refractivity contribution in [1.82, 2.24) is 9.80 Å². The number of piperazine rings is 1. The summed E-state index contributed by atoms with van der Waals surface area (Å²) in [5.41, 5.74) is 5.39. The third-order valence-corrected chi connectivity index (χ3v) is 4.88. The zero-order chi connectivity index (χ0) is 19.5. The first-order valence-electron chi connectivity index (χ1n) is 8.66. The zero-order valence-electron chi connectivity index (χ0n) is 15.3. The Bertz CT molecular complexity index is 644. The van der Waals surface area contributed by atoms with Gasteiger partial charge in [0.05, 0.1) is 11.6 Å². The van der Waals surface area contributed by atoms with E-state index in [2.05, 4.69) is 0 Å². The van der Waals surface area contributed by atoms with Crippen molar-refractivity contribution in [2.75, 3.05) is 26.2 Å². The van der Waals surface area contributed by atoms with E-state index in [4.69, 9.17) is 5.73 Å². The van der Waals surface area contributed by atoms with E-state index in [-0.39, 0.29) is 35.7 Å². The van der Waals surface area contributed by atoms with E-state index >= 15 is 0 Å². The molecule has 0 radical (unpaired) electrons. The number of carbonyl (C=O) groups excluding carboxylic acids is 2. The molecule has 5 nitrogen and oxygen atoms in total. The largest absolute Gasteiger partial charge is 0.416 e. The quantitative estimate of drug-likeness (QED) is 0.834. The van der Waals surface area contributed by atoms with Crippen molar-refractivity contribution in [2.45, 2.75) is 32.5 Å². The van der Waals surface area contributed by atoms with Gasteiger partial charge in [-0.1, -0.05) is 20.3 Å². The van der Waals surface area contributed by atoms with Crippen LogP contribution in [0.4, 0.5) is 13.2 Å². The molecule has 27 heavy (non-hydrogen) atoms. The molecular weight excluding hydrogens is 383 g/mol. The van der Waals surface area contributed by atoms with Crippen LogP contribution in [0, 0.1) is 5.92 Å². The third kappa shape index (κ3) is 5.59. The molecule has 0 spiro atoms. The number of halogens is 4. The van der Waals surface area contributed by atoms with Crippen LogP contribution in [0.3, 0.4) is 0 Å². The van der Waals surface area contributed by atoms with Gasteiger partial charge in [-0.25, -0.2) is 0 Å². The van der Waals surface area contributed by atoms with E-state index in [1.807, 2.05) is 13.8 Å². The number of rotatable bonds is 4. The average molecular weight is 408 g/mol. The van der Waals surface area contributed by atoms with E-state index in [0.717, 1.165) is 18.6 Å². The molecule has 152 valence electrons. The third-order valence-electron chi connectivity index (χ3n) is 4.88. The van der Waals surface area contributed by atoms with Crippen LogP contribution in [0.5, 0.6) is 0 Å². The van der Waals surface area contributed by atoms with Gasteiger partial charge < -0.3 is 15.5 Å². The minimum Gasteiger partial charge on any atom is -0.338 e. The molecule has 1 aromatic rings. The molecule has 1 aliphatic rings. The fraction of sp³-hybridized carbons (Fsp3) is 0.556. The fourth-order valence-electron chi connectivity index (χ4n) is 2.82. The Balaban J connectivity index is 0.00000364. The van der Waals surface area contributed by atoms with Crippen molar-refractivity contribution in [3.63, 3.8) is 0 Å². The molecule has 1 aromatic carbocycles. The highest BCUT2D eigenvalue weighted by molar-refractivity contribution is 5.94. The molecule has 9 heteroatoms. The summed E-state index contributed by atoms with van der Waals surface area (Å²) in [5, 5.41) is 0. The normalized spacial score (nSPS) is 17.1. The maximum atomic E-state index is 12.6. The number of nitrogens with zero attached hydrogens (tertiary/aromatic N) is 2. The second kappa shape index (κ2) is 9.41. The van der Waals surface area contributed by atoms with Crippen molar-refractivity contribution in [1.29, 1.82) is 0 Å². The lowest BCUT2D eigenvalue weighted by atomic mass is 9.98. The predicted octanol–water partition coefficient (Wildman–Crippen LogP) is 2.79. The van der Waals surface area contributed by atoms with Gasteiger partial charge in [0.1, 0.15) is 0 Å². The summed E-state index contributed by atoms with van der Waals surface area (Å²) in [6, 6.07) is 3.61. The van der Waals surface area contributed by atoms with Crippen LogP contribution in [0.2, 0.25) is 0 Å². The summed E-state index contributed by atoms with van der Waals surface area (Å²) in [6.45, 7) is 5.30. The number of alkyl halides is 3. The van der Waals surface area contributed by atoms with Crippen LogP contribution in [0.15, 0.2) is 24.3 Å². The van der Waals surface area contributed by atoms with E-state index in [9.17, 15) is 22.8 Å². The number of hydrogen-bond acceptors (Lipinski definition) is 3. The van der Waals surface area contributed by atoms with Gasteiger partial charge in [-0.15, -0.1) is 12.4 Å². The van der Waals surface area contributed by atoms with Crippen LogP contribution >= 0.6 is 12.4 Å². The molecular formula is C18H25ClF3N3O2. The zero-order valence-corrected chi connectivity index (χ0v) is 16.1. The second-order valence-corrected chi connectivity index (χ2v) is 6.60. The first-order chi connectivity index (χ1) is 12.1. The SMILES string of the molecule is CCC(C)C(N)C(=O)N1CCN(C(=O)c2ccc(C(F)(F)F)cc2)CC1.Cl. The van der Waals surface area contributed by atoms with Crippen LogP contribution in [0.1, 0.15) is 36.2 Å². The van der Waals surface area contributed by atoms with Gasteiger partial charge in [0.15, 0.2) is 0 Å². The topological polar surface area (TPSA) is 66.6 Å². The maximum Gasteiger partial charge on any atom is 0.416 e. The number of carbonyl (C=O) groups is 2. The summed E-state index contributed by atoms with van der Waals surface area (Å²) < 4.78 is 37.8. The predicted molar refractivity (Wildman–Crippen MR) is 98.6 cm³/mol. The smallest absolute Gasteiger partial charge is 0.338 e. The van der Waals surface area contributed by atoms with Crippen LogP contribution in [-0.2, 0) is 11.0 Å². The van der Waals surface area contributed by atoms with E-state index < -0.39 is 17.8 Å². The summed E-state index contributed by atoms with van der Waals surface area (Å²) in [7, 11) is 0. The maximum absolute atomic E-state index is 12.6. The number of benzene rings is 1. The van der Waals surface area contributed by atoms with Gasteiger partial charge in [0.25, 0.3) is 5.91 Å². The van der Waals surface area contributed by atoms with Gasteiger partial charge in [0.2, 0.25) is 5.91 Å². The Hall–Kier alpha value is -1.80.